The molecule has 2 aromatic carbocycles. The first-order valence-corrected chi connectivity index (χ1v) is 5.49. The molecule has 2 rings (SSSR count). The van der Waals surface area contributed by atoms with Gasteiger partial charge in [0.2, 0.25) is 0 Å². The lowest BCUT2D eigenvalue weighted by Gasteiger charge is -2.02. The maximum absolute atomic E-state index is 3.74. The molecule has 0 atom stereocenters. The van der Waals surface area contributed by atoms with Gasteiger partial charge in [0.05, 0.1) is 0 Å². The van der Waals surface area contributed by atoms with Crippen molar-refractivity contribution in [2.75, 3.05) is 0 Å². The van der Waals surface area contributed by atoms with Crippen LogP contribution in [0.4, 0.5) is 0 Å². The SMILES string of the molecule is C=CCCCc1ccc2ccccc2c1. The summed E-state index contributed by atoms with van der Waals surface area (Å²) in [6.45, 7) is 3.74. The maximum Gasteiger partial charge on any atom is -0.0181 e. The van der Waals surface area contributed by atoms with Crippen LogP contribution < -0.4 is 0 Å². The number of allylic oxidation sites excluding steroid dienone is 1. The molecule has 0 radical (unpaired) electrons. The Morgan fingerprint density at radius 1 is 1.00 bits per heavy atom. The molecule has 0 heteroatoms. The van der Waals surface area contributed by atoms with Gasteiger partial charge in [-0.25, -0.2) is 0 Å². The molecule has 0 unspecified atom stereocenters. The quantitative estimate of drug-likeness (QED) is 0.504. The molecule has 76 valence electrons. The molecule has 0 nitrogen and oxygen atoms in total. The molecule has 0 aliphatic carbocycles. The van der Waals surface area contributed by atoms with E-state index in [0.29, 0.717) is 0 Å². The van der Waals surface area contributed by atoms with Crippen molar-refractivity contribution in [3.05, 3.63) is 60.7 Å². The predicted octanol–water partition coefficient (Wildman–Crippen LogP) is 4.35. The average Bonchev–Trinajstić information content (AvgIpc) is 2.29. The zero-order valence-electron chi connectivity index (χ0n) is 8.95. The van der Waals surface area contributed by atoms with Gasteiger partial charge in [0.1, 0.15) is 0 Å². The molecular weight excluding hydrogens is 180 g/mol. The molecule has 2 aromatic rings. The summed E-state index contributed by atoms with van der Waals surface area (Å²) < 4.78 is 0. The monoisotopic (exact) mass is 196 g/mol. The second kappa shape index (κ2) is 4.79. The van der Waals surface area contributed by atoms with Crippen LogP contribution >= 0.6 is 0 Å². The second-order valence-electron chi connectivity index (χ2n) is 3.86. The predicted molar refractivity (Wildman–Crippen MR) is 67.1 cm³/mol. The number of fused-ring (bicyclic) bond motifs is 1. The first-order valence-electron chi connectivity index (χ1n) is 5.49. The number of unbranched alkanes of at least 4 members (excludes halogenated alkanes) is 1. The Labute approximate surface area is 91.2 Å². The molecule has 0 fully saturated rings. The largest absolute Gasteiger partial charge is 0.103 e. The minimum absolute atomic E-state index is 1.10. The van der Waals surface area contributed by atoms with Crippen molar-refractivity contribution < 1.29 is 0 Å². The van der Waals surface area contributed by atoms with Crippen LogP contribution in [0.5, 0.6) is 0 Å². The molecule has 0 N–H and O–H groups in total. The minimum Gasteiger partial charge on any atom is -0.103 e. The summed E-state index contributed by atoms with van der Waals surface area (Å²) in [5, 5.41) is 2.67. The Balaban J connectivity index is 2.19. The fourth-order valence-electron chi connectivity index (χ4n) is 1.84. The smallest absolute Gasteiger partial charge is 0.0181 e. The Bertz CT molecular complexity index is 454. The van der Waals surface area contributed by atoms with Crippen LogP contribution in [0.1, 0.15) is 18.4 Å². The Morgan fingerprint density at radius 3 is 2.60 bits per heavy atom. The molecule has 0 aliphatic rings. The lowest BCUT2D eigenvalue weighted by atomic mass is 10.0. The summed E-state index contributed by atoms with van der Waals surface area (Å²) in [5.41, 5.74) is 1.43. The van der Waals surface area contributed by atoms with E-state index in [4.69, 9.17) is 0 Å². The molecule has 0 saturated heterocycles. The molecule has 0 bridgehead atoms. The standard InChI is InChI=1S/C15H16/c1-2-3-4-7-13-10-11-14-8-5-6-9-15(14)12-13/h2,5-6,8-12H,1,3-4,7H2. The third-order valence-electron chi connectivity index (χ3n) is 2.69. The Kier molecular flexibility index (Phi) is 3.18. The topological polar surface area (TPSA) is 0 Å². The van der Waals surface area contributed by atoms with Gasteiger partial charge in [-0.3, -0.25) is 0 Å². The van der Waals surface area contributed by atoms with E-state index in [9.17, 15) is 0 Å². The van der Waals surface area contributed by atoms with E-state index in [1.807, 2.05) is 6.08 Å². The Morgan fingerprint density at radius 2 is 1.80 bits per heavy atom. The zero-order valence-corrected chi connectivity index (χ0v) is 8.95. The van der Waals surface area contributed by atoms with Gasteiger partial charge in [0.25, 0.3) is 0 Å². The van der Waals surface area contributed by atoms with Crippen molar-refractivity contribution in [1.82, 2.24) is 0 Å². The fourth-order valence-corrected chi connectivity index (χ4v) is 1.84. The van der Waals surface area contributed by atoms with Crippen molar-refractivity contribution in [3.63, 3.8) is 0 Å². The number of rotatable bonds is 4. The lowest BCUT2D eigenvalue weighted by molar-refractivity contribution is 0.845. The zero-order chi connectivity index (χ0) is 10.5. The second-order valence-corrected chi connectivity index (χ2v) is 3.86. The third-order valence-corrected chi connectivity index (χ3v) is 2.69. The van der Waals surface area contributed by atoms with Crippen LogP contribution in [-0.2, 0) is 6.42 Å². The average molecular weight is 196 g/mol. The van der Waals surface area contributed by atoms with Crippen LogP contribution in [0.3, 0.4) is 0 Å². The number of hydrogen-bond donors (Lipinski definition) is 0. The summed E-state index contributed by atoms with van der Waals surface area (Å²) in [4.78, 5) is 0. The van der Waals surface area contributed by atoms with Crippen LogP contribution in [0.25, 0.3) is 10.8 Å². The van der Waals surface area contributed by atoms with Crippen LogP contribution in [-0.4, -0.2) is 0 Å². The minimum atomic E-state index is 1.10. The summed E-state index contributed by atoms with van der Waals surface area (Å²) >= 11 is 0. The summed E-state index contributed by atoms with van der Waals surface area (Å²) in [6, 6.07) is 15.2. The highest BCUT2D eigenvalue weighted by Crippen LogP contribution is 2.16. The van der Waals surface area contributed by atoms with Gasteiger partial charge >= 0.3 is 0 Å². The first-order chi connectivity index (χ1) is 7.40. The molecule has 0 amide bonds. The molecule has 0 spiro atoms. The van der Waals surface area contributed by atoms with E-state index < -0.39 is 0 Å². The van der Waals surface area contributed by atoms with Gasteiger partial charge in [-0.1, -0.05) is 48.5 Å². The summed E-state index contributed by atoms with van der Waals surface area (Å²) in [7, 11) is 0. The Hall–Kier alpha value is -1.56. The molecular formula is C15H16. The molecule has 0 aromatic heterocycles. The van der Waals surface area contributed by atoms with Gasteiger partial charge in [0.15, 0.2) is 0 Å². The van der Waals surface area contributed by atoms with E-state index >= 15 is 0 Å². The normalized spacial score (nSPS) is 10.4. The van der Waals surface area contributed by atoms with Gasteiger partial charge < -0.3 is 0 Å². The van der Waals surface area contributed by atoms with Crippen molar-refractivity contribution in [2.24, 2.45) is 0 Å². The van der Waals surface area contributed by atoms with E-state index in [-0.39, 0.29) is 0 Å². The molecule has 0 aliphatic heterocycles. The van der Waals surface area contributed by atoms with E-state index in [2.05, 4.69) is 49.0 Å². The molecule has 0 saturated carbocycles. The van der Waals surface area contributed by atoms with E-state index in [1.165, 1.54) is 22.8 Å². The van der Waals surface area contributed by atoms with E-state index in [1.54, 1.807) is 0 Å². The first kappa shape index (κ1) is 9.97. The summed E-state index contributed by atoms with van der Waals surface area (Å²) in [6.07, 6.45) is 5.44. The molecule has 15 heavy (non-hydrogen) atoms. The highest BCUT2D eigenvalue weighted by atomic mass is 14.0. The maximum atomic E-state index is 3.74. The van der Waals surface area contributed by atoms with Crippen molar-refractivity contribution in [1.29, 1.82) is 0 Å². The number of benzene rings is 2. The summed E-state index contributed by atoms with van der Waals surface area (Å²) in [5.74, 6) is 0. The van der Waals surface area contributed by atoms with Crippen LogP contribution in [0.15, 0.2) is 55.1 Å². The van der Waals surface area contributed by atoms with Crippen molar-refractivity contribution >= 4 is 10.8 Å². The van der Waals surface area contributed by atoms with Crippen molar-refractivity contribution in [2.45, 2.75) is 19.3 Å². The van der Waals surface area contributed by atoms with Gasteiger partial charge in [-0.2, -0.15) is 0 Å². The van der Waals surface area contributed by atoms with Gasteiger partial charge in [0, 0.05) is 0 Å². The third kappa shape index (κ3) is 2.47. The van der Waals surface area contributed by atoms with Gasteiger partial charge in [-0.05, 0) is 35.6 Å². The highest BCUT2D eigenvalue weighted by Gasteiger charge is 1.95. The van der Waals surface area contributed by atoms with Gasteiger partial charge in [-0.15, -0.1) is 6.58 Å². The van der Waals surface area contributed by atoms with E-state index in [0.717, 1.165) is 12.8 Å². The number of aryl methyl sites for hydroxylation is 1. The van der Waals surface area contributed by atoms with Crippen LogP contribution in [0, 0.1) is 0 Å². The highest BCUT2D eigenvalue weighted by molar-refractivity contribution is 5.82. The molecule has 0 heterocycles. The fraction of sp³-hybridized carbons (Fsp3) is 0.200. The van der Waals surface area contributed by atoms with Crippen molar-refractivity contribution in [3.8, 4) is 0 Å². The van der Waals surface area contributed by atoms with Crippen LogP contribution in [0.2, 0.25) is 0 Å². The number of hydrogen-bond acceptors (Lipinski definition) is 0. The lowest BCUT2D eigenvalue weighted by Crippen LogP contribution is -1.84.